The van der Waals surface area contributed by atoms with Gasteiger partial charge in [0.15, 0.2) is 0 Å². The van der Waals surface area contributed by atoms with Crippen molar-refractivity contribution < 1.29 is 6.48 Å². The minimum absolute atomic E-state index is 0.150. The molecule has 48 valence electrons. The van der Waals surface area contributed by atoms with Crippen molar-refractivity contribution in [1.82, 2.24) is 4.98 Å². The molecule has 0 radical (unpaired) electrons. The van der Waals surface area contributed by atoms with E-state index in [9.17, 15) is 0 Å². The van der Waals surface area contributed by atoms with E-state index < -0.39 is 6.10 Å². The fourth-order valence-electron chi connectivity index (χ4n) is 0.571. The summed E-state index contributed by atoms with van der Waals surface area (Å²) >= 11 is 0. The summed E-state index contributed by atoms with van der Waals surface area (Å²) in [5.74, 6) is 0. The molecule has 0 spiro atoms. The van der Waals surface area contributed by atoms with E-state index >= 15 is 0 Å². The number of hydrogen-bond donors (Lipinski definition) is 1. The van der Waals surface area contributed by atoms with Crippen LogP contribution in [0, 0.1) is 0 Å². The van der Waals surface area contributed by atoms with Crippen LogP contribution in [0.3, 0.4) is 0 Å². The molecule has 2 heteroatoms. The van der Waals surface area contributed by atoms with Crippen molar-refractivity contribution in [3.8, 4) is 0 Å². The molecule has 0 aromatic carbocycles. The largest absolute Gasteiger partial charge is 0.389 e. The fraction of sp³-hybridized carbons (Fsp3) is 0.286. The zero-order valence-corrected chi connectivity index (χ0v) is 5.20. The van der Waals surface area contributed by atoms with E-state index in [0.29, 0.717) is 5.56 Å². The molecule has 1 rings (SSSR count). The third-order valence-electron chi connectivity index (χ3n) is 1.08. The molecule has 0 aliphatic heterocycles. The Morgan fingerprint density at radius 2 is 2.67 bits per heavy atom. The van der Waals surface area contributed by atoms with Crippen LogP contribution in [0.4, 0.5) is 0 Å². The highest BCUT2D eigenvalue weighted by molar-refractivity contribution is 5.10. The molecule has 0 saturated carbocycles. The van der Waals surface area contributed by atoms with Crippen molar-refractivity contribution in [3.05, 3.63) is 30.1 Å². The van der Waals surface area contributed by atoms with E-state index in [4.69, 9.17) is 6.48 Å². The van der Waals surface area contributed by atoms with Gasteiger partial charge >= 0.3 is 0 Å². The fourth-order valence-corrected chi connectivity index (χ4v) is 0.571. The van der Waals surface area contributed by atoms with Crippen LogP contribution in [0.1, 0.15) is 20.0 Å². The van der Waals surface area contributed by atoms with Gasteiger partial charge in [-0.3, -0.25) is 4.98 Å². The lowest BCUT2D eigenvalue weighted by atomic mass is 10.2. The summed E-state index contributed by atoms with van der Waals surface area (Å²) < 4.78 is 7.23. The first-order valence-corrected chi connectivity index (χ1v) is 2.81. The average molecular weight is 124 g/mol. The second kappa shape index (κ2) is 2.60. The van der Waals surface area contributed by atoms with Crippen LogP contribution in [0.2, 0.25) is 0 Å². The lowest BCUT2D eigenvalue weighted by Crippen LogP contribution is -1.89. The summed E-state index contributed by atoms with van der Waals surface area (Å²) in [6.45, 7) is 1.62. The number of nitrogens with zero attached hydrogens (tertiary/aromatic N) is 1. The molecule has 1 aromatic rings. The van der Waals surface area contributed by atoms with Gasteiger partial charge in [-0.1, -0.05) is 6.07 Å². The predicted octanol–water partition coefficient (Wildman–Crippen LogP) is 1.13. The minimum atomic E-state index is -0.596. The number of aliphatic hydroxyl groups is 1. The Bertz CT molecular complexity index is 225. The minimum Gasteiger partial charge on any atom is -0.389 e. The molecule has 9 heavy (non-hydrogen) atoms. The molecule has 0 fully saturated rings. The maximum Gasteiger partial charge on any atom is 0.0844 e. The van der Waals surface area contributed by atoms with Crippen LogP contribution in [-0.4, -0.2) is 10.1 Å². The molecule has 0 aliphatic carbocycles. The highest BCUT2D eigenvalue weighted by Gasteiger charge is 1.96. The summed E-state index contributed by atoms with van der Waals surface area (Å²) in [6.07, 6.45) is 1.09. The van der Waals surface area contributed by atoms with Gasteiger partial charge in [-0.15, -0.1) is 0 Å². The topological polar surface area (TPSA) is 33.1 Å². The van der Waals surface area contributed by atoms with Gasteiger partial charge in [0, 0.05) is 12.4 Å². The van der Waals surface area contributed by atoms with Gasteiger partial charge in [0.1, 0.15) is 0 Å². The Morgan fingerprint density at radius 3 is 3.11 bits per heavy atom. The van der Waals surface area contributed by atoms with E-state index in [1.807, 2.05) is 0 Å². The zero-order valence-electron chi connectivity index (χ0n) is 6.20. The maximum absolute atomic E-state index is 9.04. The smallest absolute Gasteiger partial charge is 0.0844 e. The van der Waals surface area contributed by atoms with Crippen molar-refractivity contribution in [2.75, 3.05) is 0 Å². The van der Waals surface area contributed by atoms with Crippen molar-refractivity contribution in [2.45, 2.75) is 13.0 Å². The lowest BCUT2D eigenvalue weighted by molar-refractivity contribution is 0.199. The monoisotopic (exact) mass is 124 g/mol. The molecule has 2 nitrogen and oxygen atoms in total. The van der Waals surface area contributed by atoms with E-state index in [1.54, 1.807) is 19.1 Å². The van der Waals surface area contributed by atoms with Gasteiger partial charge in [0.05, 0.1) is 7.47 Å². The molecule has 1 heterocycles. The molecule has 0 saturated heterocycles. The number of pyridine rings is 1. The molecule has 1 N–H and O–H groups in total. The Kier molecular flexibility index (Phi) is 1.43. The first-order valence-electron chi connectivity index (χ1n) is 3.31. The van der Waals surface area contributed by atoms with Gasteiger partial charge in [0.25, 0.3) is 0 Å². The van der Waals surface area contributed by atoms with Crippen LogP contribution >= 0.6 is 0 Å². The van der Waals surface area contributed by atoms with Crippen LogP contribution < -0.4 is 0 Å². The SMILES string of the molecule is [2H]c1ncccc1C(C)O. The summed E-state index contributed by atoms with van der Waals surface area (Å²) in [6, 6.07) is 3.40. The summed E-state index contributed by atoms with van der Waals surface area (Å²) in [5, 5.41) is 9.04. The molecule has 1 aromatic heterocycles. The van der Waals surface area contributed by atoms with E-state index in [1.165, 1.54) is 6.20 Å². The lowest BCUT2D eigenvalue weighted by Gasteiger charge is -2.00. The third-order valence-corrected chi connectivity index (χ3v) is 1.08. The summed E-state index contributed by atoms with van der Waals surface area (Å²) in [4.78, 5) is 3.71. The normalized spacial score (nSPS) is 14.7. The summed E-state index contributed by atoms with van der Waals surface area (Å²) in [7, 11) is 0. The maximum atomic E-state index is 9.04. The number of aromatic nitrogens is 1. The van der Waals surface area contributed by atoms with E-state index in [0.717, 1.165) is 0 Å². The van der Waals surface area contributed by atoms with Gasteiger partial charge in [-0.25, -0.2) is 0 Å². The van der Waals surface area contributed by atoms with Crippen molar-refractivity contribution in [2.24, 2.45) is 0 Å². The van der Waals surface area contributed by atoms with Gasteiger partial charge in [0.2, 0.25) is 0 Å². The summed E-state index contributed by atoms with van der Waals surface area (Å²) in [5.41, 5.74) is 0.572. The second-order valence-electron chi connectivity index (χ2n) is 1.88. The number of hydrogen-bond acceptors (Lipinski definition) is 2. The first kappa shape index (κ1) is 4.94. The molecule has 0 bridgehead atoms. The molecule has 1 atom stereocenters. The van der Waals surface area contributed by atoms with Crippen LogP contribution in [0.5, 0.6) is 0 Å². The Balaban J connectivity index is 3.03. The van der Waals surface area contributed by atoms with Gasteiger partial charge in [-0.2, -0.15) is 0 Å². The van der Waals surface area contributed by atoms with E-state index in [-0.39, 0.29) is 6.17 Å². The van der Waals surface area contributed by atoms with Gasteiger partial charge < -0.3 is 5.11 Å². The molecular formula is C7H9NO. The van der Waals surface area contributed by atoms with Gasteiger partial charge in [-0.05, 0) is 18.6 Å². The highest BCUT2D eigenvalue weighted by atomic mass is 16.3. The average Bonchev–Trinajstić information content (AvgIpc) is 1.88. The third kappa shape index (κ3) is 1.50. The van der Waals surface area contributed by atoms with Crippen molar-refractivity contribution >= 4 is 0 Å². The predicted molar refractivity (Wildman–Crippen MR) is 34.9 cm³/mol. The molecule has 0 aliphatic rings. The molecule has 0 amide bonds. The molecular weight excluding hydrogens is 114 g/mol. The van der Waals surface area contributed by atoms with Crippen molar-refractivity contribution in [1.29, 1.82) is 0 Å². The van der Waals surface area contributed by atoms with Crippen LogP contribution in [-0.2, 0) is 0 Å². The number of aliphatic hydroxyl groups excluding tert-OH is 1. The highest BCUT2D eigenvalue weighted by Crippen LogP contribution is 2.07. The quantitative estimate of drug-likeness (QED) is 0.608. The van der Waals surface area contributed by atoms with E-state index in [2.05, 4.69) is 4.98 Å². The Morgan fingerprint density at radius 1 is 1.89 bits per heavy atom. The Labute approximate surface area is 55.6 Å². The second-order valence-corrected chi connectivity index (χ2v) is 1.88. The van der Waals surface area contributed by atoms with Crippen molar-refractivity contribution in [3.63, 3.8) is 0 Å². The molecule has 1 unspecified atom stereocenters. The van der Waals surface area contributed by atoms with Crippen LogP contribution in [0.25, 0.3) is 0 Å². The standard InChI is InChI=1S/C7H9NO/c1-6(9)7-3-2-4-8-5-7/h2-6,9H,1H3/i5D. The van der Waals surface area contributed by atoms with Crippen LogP contribution in [0.15, 0.2) is 24.5 Å². The zero-order chi connectivity index (χ0) is 7.56. The first-order chi connectivity index (χ1) is 4.72. The Hall–Kier alpha value is -0.890. The number of rotatable bonds is 1.